The van der Waals surface area contributed by atoms with E-state index in [1.165, 1.54) is 12.8 Å². The molecule has 0 spiro atoms. The number of hydrogen-bond donors (Lipinski definition) is 2. The summed E-state index contributed by atoms with van der Waals surface area (Å²) < 4.78 is 5.72. The van der Waals surface area contributed by atoms with Crippen LogP contribution in [0.1, 0.15) is 44.0 Å². The number of carbonyl (C=O) groups is 1. The van der Waals surface area contributed by atoms with Gasteiger partial charge in [0.1, 0.15) is 5.75 Å². The second-order valence-corrected chi connectivity index (χ2v) is 8.74. The normalized spacial score (nSPS) is 14.5. The van der Waals surface area contributed by atoms with Gasteiger partial charge in [0.15, 0.2) is 5.11 Å². The third kappa shape index (κ3) is 6.20. The van der Waals surface area contributed by atoms with Gasteiger partial charge in [-0.15, -0.1) is 0 Å². The van der Waals surface area contributed by atoms with Crippen LogP contribution in [0.4, 0.5) is 11.4 Å². The Morgan fingerprint density at radius 2 is 1.90 bits per heavy atom. The van der Waals surface area contributed by atoms with Gasteiger partial charge in [-0.2, -0.15) is 0 Å². The molecule has 0 atom stereocenters. The van der Waals surface area contributed by atoms with Crippen LogP contribution in [0.25, 0.3) is 0 Å². The summed E-state index contributed by atoms with van der Waals surface area (Å²) in [5.74, 6) is 1.61. The lowest BCUT2D eigenvalue weighted by atomic mass is 9.98. The van der Waals surface area contributed by atoms with Crippen molar-refractivity contribution in [2.75, 3.05) is 29.9 Å². The van der Waals surface area contributed by atoms with E-state index in [1.54, 1.807) is 12.1 Å². The fourth-order valence-corrected chi connectivity index (χ4v) is 3.63. The Bertz CT molecular complexity index is 876. The van der Waals surface area contributed by atoms with Crippen molar-refractivity contribution in [1.82, 2.24) is 5.32 Å². The fraction of sp³-hybridized carbons (Fsp3) is 0.417. The van der Waals surface area contributed by atoms with E-state index in [4.69, 9.17) is 17.0 Å². The molecular weight excluding hydrogens is 394 g/mol. The molecule has 0 unspecified atom stereocenters. The summed E-state index contributed by atoms with van der Waals surface area (Å²) in [6.07, 6.45) is 2.37. The second kappa shape index (κ2) is 10.4. The summed E-state index contributed by atoms with van der Waals surface area (Å²) in [5, 5.41) is 6.27. The largest absolute Gasteiger partial charge is 0.493 e. The third-order valence-electron chi connectivity index (χ3n) is 5.18. The number of carbonyl (C=O) groups excluding carboxylic acids is 1. The number of amides is 1. The van der Waals surface area contributed by atoms with Crippen LogP contribution in [0.5, 0.6) is 5.75 Å². The van der Waals surface area contributed by atoms with Gasteiger partial charge in [-0.1, -0.05) is 39.0 Å². The number of nitrogens with zero attached hydrogens (tertiary/aromatic N) is 1. The molecule has 160 valence electrons. The summed E-state index contributed by atoms with van der Waals surface area (Å²) in [7, 11) is 0. The molecule has 0 aromatic heterocycles. The lowest BCUT2D eigenvalue weighted by molar-refractivity contribution is 0.0977. The Hall–Kier alpha value is -2.60. The molecule has 0 aliphatic carbocycles. The first kappa shape index (κ1) is 22.1. The molecule has 1 saturated heterocycles. The number of thiocarbonyl (C=S) groups is 1. The lowest BCUT2D eigenvalue weighted by Crippen LogP contribution is -2.36. The lowest BCUT2D eigenvalue weighted by Gasteiger charge is -2.33. The topological polar surface area (TPSA) is 53.6 Å². The minimum Gasteiger partial charge on any atom is -0.493 e. The van der Waals surface area contributed by atoms with E-state index in [9.17, 15) is 4.79 Å². The van der Waals surface area contributed by atoms with Crippen molar-refractivity contribution in [3.8, 4) is 5.75 Å². The Labute approximate surface area is 184 Å². The quantitative estimate of drug-likeness (QED) is 0.632. The van der Waals surface area contributed by atoms with Crippen LogP contribution in [0.2, 0.25) is 0 Å². The van der Waals surface area contributed by atoms with Gasteiger partial charge in [-0.05, 0) is 67.2 Å². The summed E-state index contributed by atoms with van der Waals surface area (Å²) >= 11 is 5.42. The number of ether oxygens (including phenoxy) is 1. The zero-order valence-electron chi connectivity index (χ0n) is 18.0. The minimum atomic E-state index is -0.258. The molecule has 2 aromatic carbocycles. The molecule has 1 aliphatic rings. The van der Waals surface area contributed by atoms with Crippen molar-refractivity contribution in [2.45, 2.75) is 33.6 Å². The number of piperidine rings is 1. The predicted octanol–water partition coefficient (Wildman–Crippen LogP) is 5.08. The smallest absolute Gasteiger partial charge is 0.257 e. The predicted molar refractivity (Wildman–Crippen MR) is 128 cm³/mol. The first-order valence-corrected chi connectivity index (χ1v) is 11.0. The maximum Gasteiger partial charge on any atom is 0.257 e. The van der Waals surface area contributed by atoms with Gasteiger partial charge >= 0.3 is 0 Å². The number of nitrogens with one attached hydrogen (secondary N) is 2. The summed E-state index contributed by atoms with van der Waals surface area (Å²) in [6.45, 7) is 9.14. The number of hydrogen-bond acceptors (Lipinski definition) is 4. The molecule has 30 heavy (non-hydrogen) atoms. The molecular formula is C24H31N3O2S. The van der Waals surface area contributed by atoms with Gasteiger partial charge in [-0.3, -0.25) is 10.1 Å². The summed E-state index contributed by atoms with van der Waals surface area (Å²) in [5.41, 5.74) is 2.54. The van der Waals surface area contributed by atoms with Crippen LogP contribution < -0.4 is 20.3 Å². The Balaban J connectivity index is 1.62. The molecule has 6 heteroatoms. The number of anilines is 2. The zero-order valence-corrected chi connectivity index (χ0v) is 18.8. The summed E-state index contributed by atoms with van der Waals surface area (Å²) in [6, 6.07) is 15.2. The molecule has 2 aromatic rings. The Morgan fingerprint density at radius 1 is 1.17 bits per heavy atom. The number of para-hydroxylation sites is 2. The highest BCUT2D eigenvalue weighted by Crippen LogP contribution is 2.29. The van der Waals surface area contributed by atoms with E-state index in [0.29, 0.717) is 23.8 Å². The van der Waals surface area contributed by atoms with Gasteiger partial charge in [0, 0.05) is 18.7 Å². The van der Waals surface area contributed by atoms with Crippen LogP contribution in [0.3, 0.4) is 0 Å². The van der Waals surface area contributed by atoms with E-state index in [-0.39, 0.29) is 11.0 Å². The van der Waals surface area contributed by atoms with Crippen LogP contribution in [-0.2, 0) is 0 Å². The molecule has 2 N–H and O–H groups in total. The van der Waals surface area contributed by atoms with Crippen molar-refractivity contribution in [3.05, 3.63) is 54.1 Å². The molecule has 0 radical (unpaired) electrons. The maximum atomic E-state index is 12.7. The average molecular weight is 426 g/mol. The maximum absolute atomic E-state index is 12.7. The molecule has 1 amide bonds. The van der Waals surface area contributed by atoms with E-state index >= 15 is 0 Å². The van der Waals surface area contributed by atoms with Crippen LogP contribution in [-0.4, -0.2) is 30.7 Å². The highest BCUT2D eigenvalue weighted by molar-refractivity contribution is 7.80. The van der Waals surface area contributed by atoms with Crippen molar-refractivity contribution >= 4 is 34.6 Å². The second-order valence-electron chi connectivity index (χ2n) is 8.33. The van der Waals surface area contributed by atoms with Crippen LogP contribution >= 0.6 is 12.2 Å². The average Bonchev–Trinajstić information content (AvgIpc) is 2.73. The van der Waals surface area contributed by atoms with E-state index in [1.807, 2.05) is 30.3 Å². The van der Waals surface area contributed by atoms with Crippen LogP contribution in [0.15, 0.2) is 48.5 Å². The number of benzene rings is 2. The molecule has 1 aliphatic heterocycles. The van der Waals surface area contributed by atoms with E-state index < -0.39 is 0 Å². The van der Waals surface area contributed by atoms with Crippen molar-refractivity contribution in [2.24, 2.45) is 11.8 Å². The van der Waals surface area contributed by atoms with Crippen molar-refractivity contribution in [1.29, 1.82) is 0 Å². The van der Waals surface area contributed by atoms with Gasteiger partial charge in [0.2, 0.25) is 0 Å². The highest BCUT2D eigenvalue weighted by atomic mass is 32.1. The van der Waals surface area contributed by atoms with Crippen molar-refractivity contribution < 1.29 is 9.53 Å². The SMILES string of the molecule is CC(C)COc1cccc(C(=O)NC(=S)Nc2ccccc2N2CCC(C)CC2)c1. The zero-order chi connectivity index (χ0) is 21.5. The van der Waals surface area contributed by atoms with E-state index in [0.717, 1.165) is 30.4 Å². The fourth-order valence-electron chi connectivity index (χ4n) is 3.42. The molecule has 5 nitrogen and oxygen atoms in total. The number of rotatable bonds is 6. The highest BCUT2D eigenvalue weighted by Gasteiger charge is 2.19. The molecule has 0 bridgehead atoms. The Morgan fingerprint density at radius 3 is 2.63 bits per heavy atom. The summed E-state index contributed by atoms with van der Waals surface area (Å²) in [4.78, 5) is 15.0. The molecule has 3 rings (SSSR count). The van der Waals surface area contributed by atoms with Crippen LogP contribution in [0, 0.1) is 11.8 Å². The Kier molecular flexibility index (Phi) is 7.69. The first-order valence-electron chi connectivity index (χ1n) is 10.6. The minimum absolute atomic E-state index is 0.258. The van der Waals surface area contributed by atoms with Gasteiger partial charge < -0.3 is 15.0 Å². The monoisotopic (exact) mass is 425 g/mol. The van der Waals surface area contributed by atoms with Gasteiger partial charge in [0.25, 0.3) is 5.91 Å². The third-order valence-corrected chi connectivity index (χ3v) is 5.39. The first-order chi connectivity index (χ1) is 14.4. The standard InChI is InChI=1S/C24H31N3O2S/c1-17(2)16-29-20-8-6-7-19(15-20)23(28)26-24(30)25-21-9-4-5-10-22(21)27-13-11-18(3)12-14-27/h4-10,15,17-18H,11-14,16H2,1-3H3,(H2,25,26,28,30). The van der Waals surface area contributed by atoms with E-state index in [2.05, 4.69) is 42.4 Å². The molecule has 1 heterocycles. The molecule has 1 fully saturated rings. The van der Waals surface area contributed by atoms with Crippen molar-refractivity contribution in [3.63, 3.8) is 0 Å². The molecule has 0 saturated carbocycles. The van der Waals surface area contributed by atoms with Gasteiger partial charge in [-0.25, -0.2) is 0 Å². The van der Waals surface area contributed by atoms with Gasteiger partial charge in [0.05, 0.1) is 18.0 Å².